The highest BCUT2D eigenvalue weighted by molar-refractivity contribution is 5.94. The molecule has 8 heteroatoms. The third-order valence-corrected chi connectivity index (χ3v) is 5.65. The number of carbonyl (C=O) groups excluding carboxylic acids is 1. The number of nitrogens with one attached hydrogen (secondary N) is 3. The summed E-state index contributed by atoms with van der Waals surface area (Å²) in [5.41, 5.74) is 2.39. The number of amides is 1. The number of nitrogens with zero attached hydrogens (tertiary/aromatic N) is 3. The zero-order valence-corrected chi connectivity index (χ0v) is 14.7. The van der Waals surface area contributed by atoms with E-state index in [1.165, 1.54) is 28.2 Å². The van der Waals surface area contributed by atoms with Crippen molar-refractivity contribution in [2.24, 2.45) is 0 Å². The molecule has 0 unspecified atom stereocenters. The van der Waals surface area contributed by atoms with Gasteiger partial charge in [-0.2, -0.15) is 4.52 Å². The average Bonchev–Trinajstić information content (AvgIpc) is 3.30. The highest BCUT2D eigenvalue weighted by Crippen LogP contribution is 2.26. The molecule has 0 radical (unpaired) electrons. The van der Waals surface area contributed by atoms with E-state index in [0.29, 0.717) is 6.04 Å². The van der Waals surface area contributed by atoms with Crippen molar-refractivity contribution in [3.05, 3.63) is 63.8 Å². The van der Waals surface area contributed by atoms with Crippen molar-refractivity contribution >= 4 is 11.7 Å². The summed E-state index contributed by atoms with van der Waals surface area (Å²) in [6.45, 7) is 0. The van der Waals surface area contributed by atoms with Gasteiger partial charge in [0.1, 0.15) is 11.9 Å². The van der Waals surface area contributed by atoms with E-state index in [9.17, 15) is 9.59 Å². The lowest BCUT2D eigenvalue weighted by Gasteiger charge is -2.39. The average molecular weight is 364 g/mol. The first kappa shape index (κ1) is 16.2. The van der Waals surface area contributed by atoms with Gasteiger partial charge >= 0.3 is 0 Å². The van der Waals surface area contributed by atoms with Crippen LogP contribution in [0.4, 0.5) is 0 Å². The van der Waals surface area contributed by atoms with Crippen molar-refractivity contribution in [3.8, 4) is 0 Å². The predicted molar refractivity (Wildman–Crippen MR) is 98.7 cm³/mol. The zero-order chi connectivity index (χ0) is 18.4. The molecule has 1 saturated carbocycles. The molecular weight excluding hydrogens is 344 g/mol. The largest absolute Gasteiger partial charge is 0.348 e. The van der Waals surface area contributed by atoms with E-state index in [2.05, 4.69) is 50.0 Å². The van der Waals surface area contributed by atoms with Crippen molar-refractivity contribution in [1.29, 1.82) is 0 Å². The summed E-state index contributed by atoms with van der Waals surface area (Å²) in [4.78, 5) is 32.9. The molecule has 3 aromatic rings. The van der Waals surface area contributed by atoms with Crippen LogP contribution in [0.5, 0.6) is 0 Å². The number of rotatable bonds is 4. The molecule has 5 rings (SSSR count). The molecule has 2 aliphatic rings. The van der Waals surface area contributed by atoms with Gasteiger partial charge in [-0.25, -0.2) is 9.97 Å². The number of hydrogen-bond donors (Lipinski definition) is 3. The van der Waals surface area contributed by atoms with Gasteiger partial charge in [-0.1, -0.05) is 24.3 Å². The Morgan fingerprint density at radius 2 is 1.85 bits per heavy atom. The van der Waals surface area contributed by atoms with E-state index in [0.717, 1.165) is 25.7 Å². The fourth-order valence-corrected chi connectivity index (χ4v) is 4.05. The van der Waals surface area contributed by atoms with Crippen molar-refractivity contribution < 1.29 is 4.79 Å². The first-order valence-corrected chi connectivity index (χ1v) is 9.24. The minimum Gasteiger partial charge on any atom is -0.348 e. The Balaban J connectivity index is 1.24. The number of aromatic amines is 1. The second-order valence-electron chi connectivity index (χ2n) is 7.30. The highest BCUT2D eigenvalue weighted by Gasteiger charge is 2.35. The van der Waals surface area contributed by atoms with E-state index in [1.807, 2.05) is 0 Å². The summed E-state index contributed by atoms with van der Waals surface area (Å²) in [6, 6.07) is 9.20. The number of fused-ring (bicyclic) bond motifs is 2. The lowest BCUT2D eigenvalue weighted by molar-refractivity contribution is 0.0887. The lowest BCUT2D eigenvalue weighted by atomic mass is 9.85. The first-order chi connectivity index (χ1) is 13.2. The summed E-state index contributed by atoms with van der Waals surface area (Å²) < 4.78 is 1.17. The maximum atomic E-state index is 12.6. The molecule has 3 N–H and O–H groups in total. The Hall–Kier alpha value is -3.00. The highest BCUT2D eigenvalue weighted by atomic mass is 16.2. The fraction of sp³-hybridized carbons (Fsp3) is 0.368. The molecule has 2 aliphatic carbocycles. The quantitative estimate of drug-likeness (QED) is 0.623. The van der Waals surface area contributed by atoms with Gasteiger partial charge in [0.2, 0.25) is 0 Å². The minimum atomic E-state index is -0.440. The van der Waals surface area contributed by atoms with E-state index >= 15 is 0 Å². The monoisotopic (exact) mass is 364 g/mol. The normalized spacial score (nSPS) is 21.8. The number of aromatic nitrogens is 4. The number of carbonyl (C=O) groups is 1. The molecule has 1 amide bonds. The van der Waals surface area contributed by atoms with Crippen LogP contribution in [-0.2, 0) is 12.8 Å². The van der Waals surface area contributed by atoms with Crippen LogP contribution in [0.25, 0.3) is 5.78 Å². The molecule has 2 aromatic heterocycles. The van der Waals surface area contributed by atoms with Crippen LogP contribution in [-0.4, -0.2) is 43.6 Å². The maximum Gasteiger partial charge on any atom is 0.286 e. The summed E-state index contributed by atoms with van der Waals surface area (Å²) in [6.07, 6.45) is 6.64. The van der Waals surface area contributed by atoms with Crippen LogP contribution in [0.1, 0.15) is 34.3 Å². The van der Waals surface area contributed by atoms with Gasteiger partial charge in [-0.3, -0.25) is 14.7 Å². The molecule has 0 spiro atoms. The third-order valence-electron chi connectivity index (χ3n) is 5.65. The molecule has 0 aliphatic heterocycles. The molecular formula is C19H20N6O2. The lowest BCUT2D eigenvalue weighted by Crippen LogP contribution is -2.59. The molecule has 2 atom stereocenters. The molecule has 1 fully saturated rings. The number of hydrogen-bond acceptors (Lipinski definition) is 5. The van der Waals surface area contributed by atoms with Crippen LogP contribution < -0.4 is 16.2 Å². The van der Waals surface area contributed by atoms with Crippen molar-refractivity contribution in [2.75, 3.05) is 0 Å². The molecule has 138 valence electrons. The summed E-state index contributed by atoms with van der Waals surface area (Å²) in [5.74, 6) is -0.136. The SMILES string of the molecule is O=C(N[C@@H]1CC[C@@H]1NC1Cc2ccccc2C1)c1cnc2nc[nH]n2c1=O. The first-order valence-electron chi connectivity index (χ1n) is 9.24. The van der Waals surface area contributed by atoms with Crippen LogP contribution in [0.15, 0.2) is 41.6 Å². The summed E-state index contributed by atoms with van der Waals surface area (Å²) in [7, 11) is 0. The number of benzene rings is 1. The molecule has 1 aromatic carbocycles. The number of H-pyrrole nitrogens is 1. The van der Waals surface area contributed by atoms with Gasteiger partial charge in [0.25, 0.3) is 17.2 Å². The van der Waals surface area contributed by atoms with Gasteiger partial charge in [0.15, 0.2) is 0 Å². The predicted octanol–water partition coefficient (Wildman–Crippen LogP) is 0.435. The summed E-state index contributed by atoms with van der Waals surface area (Å²) in [5, 5.41) is 9.33. The molecule has 0 bridgehead atoms. The van der Waals surface area contributed by atoms with Crippen molar-refractivity contribution in [3.63, 3.8) is 0 Å². The Bertz CT molecular complexity index is 1050. The maximum absolute atomic E-state index is 12.6. The van der Waals surface area contributed by atoms with E-state index in [4.69, 9.17) is 0 Å². The smallest absolute Gasteiger partial charge is 0.286 e. The Kier molecular flexibility index (Phi) is 3.78. The fourth-order valence-electron chi connectivity index (χ4n) is 4.05. The van der Waals surface area contributed by atoms with Crippen LogP contribution >= 0.6 is 0 Å². The van der Waals surface area contributed by atoms with Gasteiger partial charge in [-0.05, 0) is 36.8 Å². The molecule has 2 heterocycles. The van der Waals surface area contributed by atoms with E-state index in [1.54, 1.807) is 0 Å². The van der Waals surface area contributed by atoms with Crippen molar-refractivity contribution in [1.82, 2.24) is 30.2 Å². The van der Waals surface area contributed by atoms with E-state index < -0.39 is 5.56 Å². The second kappa shape index (κ2) is 6.31. The second-order valence-corrected chi connectivity index (χ2v) is 7.30. The Morgan fingerprint density at radius 3 is 2.56 bits per heavy atom. The van der Waals surface area contributed by atoms with Crippen LogP contribution in [0, 0.1) is 0 Å². The van der Waals surface area contributed by atoms with Crippen LogP contribution in [0.3, 0.4) is 0 Å². The summed E-state index contributed by atoms with van der Waals surface area (Å²) >= 11 is 0. The van der Waals surface area contributed by atoms with Gasteiger partial charge in [0, 0.05) is 24.3 Å². The van der Waals surface area contributed by atoms with Gasteiger partial charge in [-0.15, -0.1) is 0 Å². The standard InChI is InChI=1S/C19H20N6O2/c26-17(14-9-20-19-21-10-22-25(19)18(14)27)24-16-6-5-15(16)23-13-7-11-3-1-2-4-12(11)8-13/h1-4,9-10,13,15-16,23H,5-8H2,(H,24,26)(H,20,21,22)/t15-,16+/m0/s1. The minimum absolute atomic E-state index is 0.0238. The topological polar surface area (TPSA) is 104 Å². The van der Waals surface area contributed by atoms with E-state index in [-0.39, 0.29) is 29.3 Å². The third kappa shape index (κ3) is 2.82. The van der Waals surface area contributed by atoms with Crippen LogP contribution in [0.2, 0.25) is 0 Å². The zero-order valence-electron chi connectivity index (χ0n) is 14.7. The Morgan fingerprint density at radius 1 is 1.11 bits per heavy atom. The molecule has 27 heavy (non-hydrogen) atoms. The molecule has 8 nitrogen and oxygen atoms in total. The Labute approximate surface area is 155 Å². The van der Waals surface area contributed by atoms with Gasteiger partial charge in [0.05, 0.1) is 0 Å². The van der Waals surface area contributed by atoms with Gasteiger partial charge < -0.3 is 10.6 Å². The van der Waals surface area contributed by atoms with Crippen molar-refractivity contribution in [2.45, 2.75) is 43.8 Å². The molecule has 0 saturated heterocycles.